The highest BCUT2D eigenvalue weighted by molar-refractivity contribution is 7.12. The van der Waals surface area contributed by atoms with Crippen molar-refractivity contribution in [3.8, 4) is 11.5 Å². The van der Waals surface area contributed by atoms with Crippen LogP contribution in [0.2, 0.25) is 0 Å². The number of rotatable bonds is 5. The number of ketones is 1. The third kappa shape index (κ3) is 4.24. The molecule has 3 rings (SSSR count). The van der Waals surface area contributed by atoms with E-state index in [-0.39, 0.29) is 17.7 Å². The van der Waals surface area contributed by atoms with Crippen LogP contribution < -0.4 is 14.8 Å². The van der Waals surface area contributed by atoms with Crippen molar-refractivity contribution in [2.75, 3.05) is 32.6 Å². The zero-order valence-corrected chi connectivity index (χ0v) is 16.6. The van der Waals surface area contributed by atoms with Crippen LogP contribution in [0.5, 0.6) is 11.5 Å². The molecule has 0 spiro atoms. The molecule has 1 atom stereocenters. The van der Waals surface area contributed by atoms with Gasteiger partial charge >= 0.3 is 6.03 Å². The highest BCUT2D eigenvalue weighted by Gasteiger charge is 2.30. The molecule has 2 aromatic rings. The molecular formula is C20H24N2O4S. The lowest BCUT2D eigenvalue weighted by atomic mass is 9.92. The number of anilines is 1. The standard InChI is InChI=1S/C20H24N2O4S/c1-13-8-10-27-19(13)18(23)14-5-4-9-22(12-14)20(24)21-16-11-15(25-2)6-7-17(16)26-3/h6-8,10-11,14H,4-5,9,12H2,1-3H3,(H,21,24). The van der Waals surface area contributed by atoms with Gasteiger partial charge in [0, 0.05) is 25.1 Å². The van der Waals surface area contributed by atoms with E-state index in [9.17, 15) is 9.59 Å². The van der Waals surface area contributed by atoms with Gasteiger partial charge in [0.25, 0.3) is 0 Å². The molecule has 1 fully saturated rings. The summed E-state index contributed by atoms with van der Waals surface area (Å²) in [7, 11) is 3.12. The number of urea groups is 1. The number of carbonyl (C=O) groups excluding carboxylic acids is 2. The summed E-state index contributed by atoms with van der Waals surface area (Å²) < 4.78 is 10.5. The lowest BCUT2D eigenvalue weighted by Gasteiger charge is -2.32. The number of ether oxygens (including phenoxy) is 2. The number of aryl methyl sites for hydroxylation is 1. The average molecular weight is 388 g/mol. The Kier molecular flexibility index (Phi) is 6.01. The predicted molar refractivity (Wildman–Crippen MR) is 106 cm³/mol. The lowest BCUT2D eigenvalue weighted by Crippen LogP contribution is -2.44. The minimum Gasteiger partial charge on any atom is -0.497 e. The molecule has 1 aliphatic rings. The number of nitrogens with zero attached hydrogens (tertiary/aromatic N) is 1. The molecule has 0 aliphatic carbocycles. The summed E-state index contributed by atoms with van der Waals surface area (Å²) >= 11 is 1.47. The molecule has 1 saturated heterocycles. The van der Waals surface area contributed by atoms with E-state index in [1.54, 1.807) is 37.3 Å². The van der Waals surface area contributed by atoms with Crippen LogP contribution in [-0.2, 0) is 0 Å². The van der Waals surface area contributed by atoms with E-state index >= 15 is 0 Å². The molecule has 0 radical (unpaired) electrons. The van der Waals surface area contributed by atoms with E-state index in [1.807, 2.05) is 18.4 Å². The number of carbonyl (C=O) groups is 2. The van der Waals surface area contributed by atoms with Crippen molar-refractivity contribution in [3.63, 3.8) is 0 Å². The van der Waals surface area contributed by atoms with Gasteiger partial charge in [0.05, 0.1) is 24.8 Å². The van der Waals surface area contributed by atoms with Crippen molar-refractivity contribution in [2.45, 2.75) is 19.8 Å². The molecule has 1 N–H and O–H groups in total. The highest BCUT2D eigenvalue weighted by atomic mass is 32.1. The van der Waals surface area contributed by atoms with Crippen molar-refractivity contribution >= 4 is 28.8 Å². The minimum atomic E-state index is -0.234. The molecule has 0 bridgehead atoms. The van der Waals surface area contributed by atoms with E-state index < -0.39 is 0 Å². The first-order valence-corrected chi connectivity index (χ1v) is 9.77. The number of likely N-dealkylation sites (tertiary alicyclic amines) is 1. The van der Waals surface area contributed by atoms with Crippen molar-refractivity contribution in [3.05, 3.63) is 40.1 Å². The number of nitrogens with one attached hydrogen (secondary N) is 1. The highest BCUT2D eigenvalue weighted by Crippen LogP contribution is 2.30. The van der Waals surface area contributed by atoms with Crippen LogP contribution in [0.4, 0.5) is 10.5 Å². The summed E-state index contributed by atoms with van der Waals surface area (Å²) in [5, 5.41) is 4.82. The fourth-order valence-corrected chi connectivity index (χ4v) is 4.24. The second kappa shape index (κ2) is 8.43. The van der Waals surface area contributed by atoms with Crippen molar-refractivity contribution in [1.29, 1.82) is 0 Å². The summed E-state index contributed by atoms with van der Waals surface area (Å²) in [5.41, 5.74) is 1.55. The van der Waals surface area contributed by atoms with Crippen LogP contribution >= 0.6 is 11.3 Å². The Morgan fingerprint density at radius 2 is 2.04 bits per heavy atom. The first kappa shape index (κ1) is 19.2. The Labute approximate surface area is 163 Å². The topological polar surface area (TPSA) is 67.9 Å². The van der Waals surface area contributed by atoms with E-state index in [0.717, 1.165) is 23.3 Å². The van der Waals surface area contributed by atoms with Crippen molar-refractivity contribution in [2.24, 2.45) is 5.92 Å². The average Bonchev–Trinajstić information content (AvgIpc) is 3.13. The van der Waals surface area contributed by atoms with Gasteiger partial charge in [-0.15, -0.1) is 11.3 Å². The van der Waals surface area contributed by atoms with E-state index in [1.165, 1.54) is 11.3 Å². The predicted octanol–water partition coefficient (Wildman–Crippen LogP) is 4.20. The van der Waals surface area contributed by atoms with Crippen LogP contribution in [0, 0.1) is 12.8 Å². The first-order chi connectivity index (χ1) is 13.0. The van der Waals surface area contributed by atoms with Gasteiger partial charge in [-0.05, 0) is 48.9 Å². The molecule has 2 heterocycles. The van der Waals surface area contributed by atoms with Crippen LogP contribution in [0.3, 0.4) is 0 Å². The number of hydrogen-bond donors (Lipinski definition) is 1. The Hall–Kier alpha value is -2.54. The van der Waals surface area contributed by atoms with Crippen molar-refractivity contribution < 1.29 is 19.1 Å². The normalized spacial score (nSPS) is 16.7. The van der Waals surface area contributed by atoms with Gasteiger partial charge in [-0.3, -0.25) is 4.79 Å². The number of amides is 2. The van der Waals surface area contributed by atoms with Gasteiger partial charge in [-0.1, -0.05) is 0 Å². The summed E-state index contributed by atoms with van der Waals surface area (Å²) in [5.74, 6) is 1.17. The molecule has 1 aliphatic heterocycles. The molecule has 6 nitrogen and oxygen atoms in total. The number of benzene rings is 1. The van der Waals surface area contributed by atoms with E-state index in [2.05, 4.69) is 5.32 Å². The summed E-state index contributed by atoms with van der Waals surface area (Å²) in [6, 6.07) is 6.96. The second-order valence-electron chi connectivity index (χ2n) is 6.58. The van der Waals surface area contributed by atoms with Gasteiger partial charge in [0.1, 0.15) is 11.5 Å². The monoisotopic (exact) mass is 388 g/mol. The van der Waals surface area contributed by atoms with Gasteiger partial charge in [0.2, 0.25) is 0 Å². The molecule has 1 aromatic carbocycles. The van der Waals surface area contributed by atoms with Crippen LogP contribution in [-0.4, -0.2) is 44.0 Å². The largest absolute Gasteiger partial charge is 0.497 e. The zero-order chi connectivity index (χ0) is 19.4. The fraction of sp³-hybridized carbons (Fsp3) is 0.400. The van der Waals surface area contributed by atoms with Gasteiger partial charge < -0.3 is 19.7 Å². The number of Topliss-reactive ketones (excluding diaryl/α,β-unsaturated/α-hetero) is 1. The smallest absolute Gasteiger partial charge is 0.321 e. The van der Waals surface area contributed by atoms with E-state index in [0.29, 0.717) is 30.3 Å². The Balaban J connectivity index is 1.70. The Morgan fingerprint density at radius 3 is 2.70 bits per heavy atom. The fourth-order valence-electron chi connectivity index (χ4n) is 3.29. The Bertz CT molecular complexity index is 833. The Morgan fingerprint density at radius 1 is 1.22 bits per heavy atom. The third-order valence-electron chi connectivity index (χ3n) is 4.81. The number of methoxy groups -OCH3 is 2. The molecule has 144 valence electrons. The molecule has 0 saturated carbocycles. The molecule has 27 heavy (non-hydrogen) atoms. The summed E-state index contributed by atoms with van der Waals surface area (Å²) in [4.78, 5) is 28.1. The number of thiophene rings is 1. The zero-order valence-electron chi connectivity index (χ0n) is 15.8. The third-order valence-corrected chi connectivity index (χ3v) is 5.84. The van der Waals surface area contributed by atoms with Crippen molar-refractivity contribution in [1.82, 2.24) is 4.90 Å². The first-order valence-electron chi connectivity index (χ1n) is 8.89. The molecule has 7 heteroatoms. The number of hydrogen-bond acceptors (Lipinski definition) is 5. The van der Waals surface area contributed by atoms with Gasteiger partial charge in [-0.25, -0.2) is 4.79 Å². The summed E-state index contributed by atoms with van der Waals surface area (Å²) in [6.45, 7) is 3.01. The van der Waals surface area contributed by atoms with E-state index in [4.69, 9.17) is 9.47 Å². The maximum absolute atomic E-state index is 12.8. The van der Waals surface area contributed by atoms with Crippen LogP contribution in [0.15, 0.2) is 29.6 Å². The van der Waals surface area contributed by atoms with Crippen LogP contribution in [0.1, 0.15) is 28.1 Å². The quantitative estimate of drug-likeness (QED) is 0.780. The van der Waals surface area contributed by atoms with Crippen LogP contribution in [0.25, 0.3) is 0 Å². The maximum atomic E-state index is 12.8. The molecule has 1 aromatic heterocycles. The minimum absolute atomic E-state index is 0.138. The SMILES string of the molecule is COc1ccc(OC)c(NC(=O)N2CCCC(C(=O)c3sccc3C)C2)c1. The second-order valence-corrected chi connectivity index (χ2v) is 7.49. The maximum Gasteiger partial charge on any atom is 0.321 e. The summed E-state index contributed by atoms with van der Waals surface area (Å²) in [6.07, 6.45) is 1.62. The lowest BCUT2D eigenvalue weighted by molar-refractivity contribution is 0.0855. The van der Waals surface area contributed by atoms with Gasteiger partial charge in [0.15, 0.2) is 5.78 Å². The molecular weight excluding hydrogens is 364 g/mol. The van der Waals surface area contributed by atoms with Gasteiger partial charge in [-0.2, -0.15) is 0 Å². The number of piperidine rings is 1. The molecule has 2 amide bonds. The molecule has 1 unspecified atom stereocenters.